The Morgan fingerprint density at radius 1 is 1.21 bits per heavy atom. The molecule has 2 aromatic rings. The van der Waals surface area contributed by atoms with E-state index in [9.17, 15) is 35.9 Å². The van der Waals surface area contributed by atoms with E-state index in [-0.39, 0.29) is 29.1 Å². The number of nitrogens with zero attached hydrogens (tertiary/aromatic N) is 2. The number of hydrogen-bond acceptors (Lipinski definition) is 5. The lowest BCUT2D eigenvalue weighted by Gasteiger charge is -2.20. The van der Waals surface area contributed by atoms with Gasteiger partial charge in [0.1, 0.15) is 11.7 Å². The second-order valence-corrected chi connectivity index (χ2v) is 6.76. The van der Waals surface area contributed by atoms with Gasteiger partial charge in [-0.25, -0.2) is 9.78 Å². The number of aromatic nitrogens is 2. The third-order valence-corrected chi connectivity index (χ3v) is 4.75. The van der Waals surface area contributed by atoms with Crippen LogP contribution in [0.15, 0.2) is 23.7 Å². The van der Waals surface area contributed by atoms with Crippen molar-refractivity contribution in [1.82, 2.24) is 25.9 Å². The smallest absolute Gasteiger partial charge is 0.342 e. The molecule has 1 aliphatic rings. The van der Waals surface area contributed by atoms with E-state index < -0.39 is 47.1 Å². The van der Waals surface area contributed by atoms with Crippen molar-refractivity contribution in [3.05, 3.63) is 45.7 Å². The van der Waals surface area contributed by atoms with Crippen molar-refractivity contribution in [3.63, 3.8) is 0 Å². The molecule has 3 N–H and O–H groups in total. The molecule has 0 radical (unpaired) electrons. The zero-order chi connectivity index (χ0) is 21.4. The molecular weight excluding hydrogens is 428 g/mol. The number of rotatable bonds is 4. The Labute approximate surface area is 162 Å². The molecular formula is C15H11F6N5O2S. The van der Waals surface area contributed by atoms with Gasteiger partial charge in [0.05, 0.1) is 11.7 Å². The molecule has 3 rings (SSSR count). The van der Waals surface area contributed by atoms with Crippen molar-refractivity contribution in [2.24, 2.45) is 0 Å². The molecule has 156 valence electrons. The maximum absolute atomic E-state index is 12.9. The van der Waals surface area contributed by atoms with Gasteiger partial charge in [-0.1, -0.05) is 6.07 Å². The predicted octanol–water partition coefficient (Wildman–Crippen LogP) is 2.46. The molecule has 29 heavy (non-hydrogen) atoms. The first-order valence-electron chi connectivity index (χ1n) is 7.85. The maximum Gasteiger partial charge on any atom is 0.443 e. The van der Waals surface area contributed by atoms with E-state index in [1.54, 1.807) is 0 Å². The lowest BCUT2D eigenvalue weighted by Crippen LogP contribution is -2.44. The fraction of sp³-hybridized carbons (Fsp3) is 0.333. The highest BCUT2D eigenvalue weighted by Gasteiger charge is 2.37. The monoisotopic (exact) mass is 439 g/mol. The third kappa shape index (κ3) is 4.75. The summed E-state index contributed by atoms with van der Waals surface area (Å²) in [6, 6.07) is -1.29. The Bertz CT molecular complexity index is 911. The van der Waals surface area contributed by atoms with Crippen molar-refractivity contribution in [1.29, 1.82) is 0 Å². The Hall–Kier alpha value is -2.90. The van der Waals surface area contributed by atoms with Gasteiger partial charge in [-0.05, 0) is 11.6 Å². The fourth-order valence-corrected chi connectivity index (χ4v) is 3.19. The molecule has 0 bridgehead atoms. The Kier molecular flexibility index (Phi) is 5.38. The van der Waals surface area contributed by atoms with E-state index in [4.69, 9.17) is 0 Å². The highest BCUT2D eigenvalue weighted by molar-refractivity contribution is 7.09. The number of hydrogen-bond donors (Lipinski definition) is 3. The topological polar surface area (TPSA) is 96.0 Å². The Morgan fingerprint density at radius 2 is 1.93 bits per heavy atom. The summed E-state index contributed by atoms with van der Waals surface area (Å²) < 4.78 is 76.8. The van der Waals surface area contributed by atoms with Crippen LogP contribution in [0.5, 0.6) is 0 Å². The van der Waals surface area contributed by atoms with Crippen LogP contribution in [-0.2, 0) is 17.1 Å². The van der Waals surface area contributed by atoms with Crippen LogP contribution >= 0.6 is 11.3 Å². The summed E-state index contributed by atoms with van der Waals surface area (Å²) in [6.45, 7) is -0.0620. The van der Waals surface area contributed by atoms with E-state index in [0.717, 1.165) is 17.6 Å². The number of carbonyl (C=O) groups is 2. The van der Waals surface area contributed by atoms with E-state index in [2.05, 4.69) is 25.9 Å². The Morgan fingerprint density at radius 3 is 2.41 bits per heavy atom. The van der Waals surface area contributed by atoms with Gasteiger partial charge in [-0.2, -0.15) is 26.3 Å². The lowest BCUT2D eigenvalue weighted by molar-refractivity contribution is -0.141. The number of amides is 3. The zero-order valence-corrected chi connectivity index (χ0v) is 14.9. The van der Waals surface area contributed by atoms with Crippen LogP contribution in [0.4, 0.5) is 31.1 Å². The van der Waals surface area contributed by atoms with Gasteiger partial charge in [-0.3, -0.25) is 9.78 Å². The lowest BCUT2D eigenvalue weighted by atomic mass is 10.1. The number of nitrogens with one attached hydrogen (secondary N) is 3. The fourth-order valence-electron chi connectivity index (χ4n) is 2.48. The summed E-state index contributed by atoms with van der Waals surface area (Å²) in [5, 5.41) is 6.89. The van der Waals surface area contributed by atoms with Crippen LogP contribution in [0.3, 0.4) is 0 Å². The molecule has 1 aliphatic heterocycles. The first kappa shape index (κ1) is 20.8. The van der Waals surface area contributed by atoms with Gasteiger partial charge < -0.3 is 16.0 Å². The number of thiazole rings is 1. The van der Waals surface area contributed by atoms with Crippen LogP contribution in [-0.4, -0.2) is 34.5 Å². The van der Waals surface area contributed by atoms with Crippen molar-refractivity contribution in [2.75, 3.05) is 6.54 Å². The summed E-state index contributed by atoms with van der Waals surface area (Å²) in [5.74, 6) is -0.755. The molecule has 7 nitrogen and oxygen atoms in total. The molecule has 0 unspecified atom stereocenters. The molecule has 1 fully saturated rings. The number of urea groups is 1. The molecule has 0 aromatic carbocycles. The normalized spacial score (nSPS) is 18.1. The molecule has 2 atom stereocenters. The van der Waals surface area contributed by atoms with E-state index in [0.29, 0.717) is 6.07 Å². The minimum absolute atomic E-state index is 0.0114. The minimum Gasteiger partial charge on any atom is -0.342 e. The molecule has 3 heterocycles. The number of pyridine rings is 1. The van der Waals surface area contributed by atoms with Crippen LogP contribution in [0.1, 0.15) is 28.0 Å². The molecule has 3 amide bonds. The van der Waals surface area contributed by atoms with Crippen molar-refractivity contribution < 1.29 is 35.9 Å². The summed E-state index contributed by atoms with van der Waals surface area (Å²) >= 11 is 0.277. The first-order chi connectivity index (χ1) is 13.4. The summed E-state index contributed by atoms with van der Waals surface area (Å²) in [7, 11) is 0. The highest BCUT2D eigenvalue weighted by Crippen LogP contribution is 2.34. The molecule has 14 heteroatoms. The van der Waals surface area contributed by atoms with Crippen LogP contribution in [0.2, 0.25) is 0 Å². The Balaban J connectivity index is 1.92. The molecule has 0 aliphatic carbocycles. The van der Waals surface area contributed by atoms with Gasteiger partial charge in [0, 0.05) is 18.1 Å². The quantitative estimate of drug-likeness (QED) is 0.638. The number of carbonyl (C=O) groups excluding carboxylic acids is 2. The van der Waals surface area contributed by atoms with Crippen molar-refractivity contribution >= 4 is 23.3 Å². The van der Waals surface area contributed by atoms with Crippen molar-refractivity contribution in [2.45, 2.75) is 24.4 Å². The highest BCUT2D eigenvalue weighted by atomic mass is 32.1. The zero-order valence-electron chi connectivity index (χ0n) is 14.1. The largest absolute Gasteiger partial charge is 0.443 e. The number of alkyl halides is 6. The second-order valence-electron chi connectivity index (χ2n) is 5.90. The molecule has 2 aromatic heterocycles. The number of halogens is 6. The molecule has 0 saturated carbocycles. The molecule has 1 saturated heterocycles. The summed E-state index contributed by atoms with van der Waals surface area (Å²) in [5.41, 5.74) is -1.44. The summed E-state index contributed by atoms with van der Waals surface area (Å²) in [4.78, 5) is 30.3. The SMILES string of the molecule is O=C1NC[C@@H](C(=O)N[C@H](c2ccc(C(F)(F)F)nc2)c2csc(C(F)(F)F)n2)N1. The second kappa shape index (κ2) is 7.50. The van der Waals surface area contributed by atoms with Crippen LogP contribution < -0.4 is 16.0 Å². The summed E-state index contributed by atoms with van der Waals surface area (Å²) in [6.07, 6.45) is -8.63. The van der Waals surface area contributed by atoms with Gasteiger partial charge >= 0.3 is 18.4 Å². The third-order valence-electron chi connectivity index (χ3n) is 3.85. The average Bonchev–Trinajstić information content (AvgIpc) is 3.28. The van der Waals surface area contributed by atoms with Gasteiger partial charge in [-0.15, -0.1) is 11.3 Å². The maximum atomic E-state index is 12.9. The van der Waals surface area contributed by atoms with Crippen molar-refractivity contribution in [3.8, 4) is 0 Å². The standard InChI is InChI=1S/C15H11F6N5O2S/c16-14(17,18)9-2-1-6(3-22-9)10(8-5-29-12(24-8)15(19,20)21)26-11(27)7-4-23-13(28)25-7/h1-3,5,7,10H,4H2,(H,26,27)(H2,23,25,28)/t7-,10+/m0/s1. The van der Waals surface area contributed by atoms with Gasteiger partial charge in [0.2, 0.25) is 5.91 Å². The van der Waals surface area contributed by atoms with E-state index in [1.165, 1.54) is 0 Å². The van der Waals surface area contributed by atoms with Crippen LogP contribution in [0.25, 0.3) is 0 Å². The molecule has 0 spiro atoms. The minimum atomic E-state index is -4.72. The predicted molar refractivity (Wildman–Crippen MR) is 86.7 cm³/mol. The van der Waals surface area contributed by atoms with Crippen LogP contribution in [0, 0.1) is 0 Å². The van der Waals surface area contributed by atoms with E-state index in [1.807, 2.05) is 0 Å². The van der Waals surface area contributed by atoms with E-state index >= 15 is 0 Å². The van der Waals surface area contributed by atoms with Gasteiger partial charge in [0.25, 0.3) is 0 Å². The van der Waals surface area contributed by atoms with Gasteiger partial charge in [0.15, 0.2) is 5.01 Å². The average molecular weight is 439 g/mol. The first-order valence-corrected chi connectivity index (χ1v) is 8.73.